The number of carbonyl (C=O) groups excluding carboxylic acids is 2. The van der Waals surface area contributed by atoms with Crippen molar-refractivity contribution >= 4 is 17.6 Å². The maximum Gasteiger partial charge on any atom is 0.330 e. The molecule has 19 heavy (non-hydrogen) atoms. The third kappa shape index (κ3) is 3.02. The topological polar surface area (TPSA) is 46.6 Å². The van der Waals surface area contributed by atoms with Crippen LogP contribution in [0.15, 0.2) is 30.4 Å². The summed E-state index contributed by atoms with van der Waals surface area (Å²) in [6.45, 7) is 2.03. The largest absolute Gasteiger partial charge is 0.463 e. The Morgan fingerprint density at radius 1 is 1.26 bits per heavy atom. The number of hydrogen-bond donors (Lipinski definition) is 0. The molecule has 0 N–H and O–H groups in total. The Morgan fingerprint density at radius 3 is 2.58 bits per heavy atom. The molecule has 0 radical (unpaired) electrons. The van der Waals surface area contributed by atoms with Crippen molar-refractivity contribution in [2.24, 2.45) is 0 Å². The van der Waals surface area contributed by atoms with Crippen LogP contribution < -0.4 is 4.90 Å². The predicted octanol–water partition coefficient (Wildman–Crippen LogP) is 1.87. The first kappa shape index (κ1) is 13.3. The summed E-state index contributed by atoms with van der Waals surface area (Å²) in [4.78, 5) is 24.6. The molecule has 0 spiro atoms. The fourth-order valence-corrected chi connectivity index (χ4v) is 1.96. The Morgan fingerprint density at radius 2 is 2.00 bits per heavy atom. The molecule has 4 heteroatoms. The number of amides is 1. The van der Waals surface area contributed by atoms with Crippen molar-refractivity contribution in [1.82, 2.24) is 0 Å². The third-order valence-corrected chi connectivity index (χ3v) is 3.22. The van der Waals surface area contributed by atoms with Gasteiger partial charge in [0.15, 0.2) is 0 Å². The molecule has 0 saturated carbocycles. The van der Waals surface area contributed by atoms with Gasteiger partial charge in [-0.25, -0.2) is 4.79 Å². The van der Waals surface area contributed by atoms with Crippen LogP contribution in [0.25, 0.3) is 0 Å². The number of aryl methyl sites for hydroxylation is 2. The zero-order valence-corrected chi connectivity index (χ0v) is 11.2. The molecular weight excluding hydrogens is 242 g/mol. The van der Waals surface area contributed by atoms with E-state index in [1.807, 2.05) is 18.2 Å². The maximum atomic E-state index is 11.9. The van der Waals surface area contributed by atoms with Gasteiger partial charge < -0.3 is 9.64 Å². The van der Waals surface area contributed by atoms with E-state index in [0.29, 0.717) is 6.61 Å². The molecule has 0 fully saturated rings. The summed E-state index contributed by atoms with van der Waals surface area (Å²) in [5, 5.41) is 0. The van der Waals surface area contributed by atoms with Gasteiger partial charge >= 0.3 is 5.97 Å². The molecule has 0 saturated heterocycles. The second kappa shape index (κ2) is 5.69. The minimum Gasteiger partial charge on any atom is -0.463 e. The summed E-state index contributed by atoms with van der Waals surface area (Å²) in [7, 11) is 1.69. The number of rotatable bonds is 4. The van der Waals surface area contributed by atoms with E-state index in [0.717, 1.165) is 24.6 Å². The average molecular weight is 259 g/mol. The van der Waals surface area contributed by atoms with Crippen LogP contribution in [-0.4, -0.2) is 25.5 Å². The first-order valence-electron chi connectivity index (χ1n) is 6.36. The number of anilines is 1. The van der Waals surface area contributed by atoms with Gasteiger partial charge in [0, 0.05) is 24.9 Å². The molecule has 0 atom stereocenters. The van der Waals surface area contributed by atoms with E-state index in [-0.39, 0.29) is 5.91 Å². The molecule has 1 amide bonds. The van der Waals surface area contributed by atoms with Gasteiger partial charge in [-0.3, -0.25) is 4.79 Å². The van der Waals surface area contributed by atoms with Gasteiger partial charge in [-0.15, -0.1) is 0 Å². The molecule has 1 aromatic carbocycles. The second-order valence-corrected chi connectivity index (χ2v) is 4.44. The lowest BCUT2D eigenvalue weighted by atomic mass is 9.88. The lowest BCUT2D eigenvalue weighted by Gasteiger charge is -2.22. The van der Waals surface area contributed by atoms with Crippen molar-refractivity contribution in [3.05, 3.63) is 41.5 Å². The van der Waals surface area contributed by atoms with Crippen LogP contribution in [0.3, 0.4) is 0 Å². The lowest BCUT2D eigenvalue weighted by molar-refractivity contribution is -0.137. The molecule has 0 aromatic heterocycles. The van der Waals surface area contributed by atoms with Gasteiger partial charge in [0.1, 0.15) is 0 Å². The normalized spacial score (nSPS) is 12.7. The van der Waals surface area contributed by atoms with Crippen molar-refractivity contribution in [2.45, 2.75) is 19.8 Å². The van der Waals surface area contributed by atoms with Gasteiger partial charge in [-0.1, -0.05) is 6.07 Å². The fraction of sp³-hybridized carbons (Fsp3) is 0.333. The Kier molecular flexibility index (Phi) is 4.00. The van der Waals surface area contributed by atoms with Gasteiger partial charge in [-0.05, 0) is 43.0 Å². The monoisotopic (exact) mass is 259 g/mol. The van der Waals surface area contributed by atoms with Crippen molar-refractivity contribution in [3.63, 3.8) is 0 Å². The summed E-state index contributed by atoms with van der Waals surface area (Å²) < 4.78 is 4.73. The summed E-state index contributed by atoms with van der Waals surface area (Å²) in [5.74, 6) is -0.742. The number of carbonyl (C=O) groups is 2. The molecule has 100 valence electrons. The minimum absolute atomic E-state index is 0.243. The van der Waals surface area contributed by atoms with Gasteiger partial charge in [-0.2, -0.15) is 0 Å². The third-order valence-electron chi connectivity index (χ3n) is 3.22. The average Bonchev–Trinajstić information content (AvgIpc) is 2.37. The first-order valence-corrected chi connectivity index (χ1v) is 6.36. The van der Waals surface area contributed by atoms with E-state index in [2.05, 4.69) is 0 Å². The number of nitrogens with zero attached hydrogens (tertiary/aromatic N) is 1. The van der Waals surface area contributed by atoms with E-state index in [4.69, 9.17) is 4.74 Å². The van der Waals surface area contributed by atoms with E-state index in [1.54, 1.807) is 14.0 Å². The number of likely N-dealkylation sites (N-methyl/N-ethyl adjacent to an activating group) is 1. The van der Waals surface area contributed by atoms with E-state index >= 15 is 0 Å². The SMILES string of the molecule is CCOC(=O)/C=C\C(=O)N(C)c1ccc2c(c1)CC2. The maximum absolute atomic E-state index is 11.9. The quantitative estimate of drug-likeness (QED) is 0.612. The summed E-state index contributed by atoms with van der Waals surface area (Å²) >= 11 is 0. The van der Waals surface area contributed by atoms with E-state index in [1.165, 1.54) is 22.1 Å². The van der Waals surface area contributed by atoms with Crippen LogP contribution in [-0.2, 0) is 27.2 Å². The second-order valence-electron chi connectivity index (χ2n) is 4.44. The number of benzene rings is 1. The highest BCUT2D eigenvalue weighted by Crippen LogP contribution is 2.27. The summed E-state index contributed by atoms with van der Waals surface area (Å²) in [6, 6.07) is 6.00. The van der Waals surface area contributed by atoms with Crippen LogP contribution in [0.5, 0.6) is 0 Å². The summed E-state index contributed by atoms with van der Waals surface area (Å²) in [6.07, 6.45) is 4.58. The van der Waals surface area contributed by atoms with Gasteiger partial charge in [0.2, 0.25) is 0 Å². The Hall–Kier alpha value is -2.10. The van der Waals surface area contributed by atoms with Gasteiger partial charge in [0.05, 0.1) is 6.61 Å². The van der Waals surface area contributed by atoms with Crippen LogP contribution >= 0.6 is 0 Å². The first-order chi connectivity index (χ1) is 9.11. The van der Waals surface area contributed by atoms with Crippen molar-refractivity contribution < 1.29 is 14.3 Å². The molecule has 2 rings (SSSR count). The molecule has 0 bridgehead atoms. The number of ether oxygens (including phenoxy) is 1. The number of esters is 1. The zero-order chi connectivity index (χ0) is 13.8. The molecule has 0 heterocycles. The van der Waals surface area contributed by atoms with Crippen molar-refractivity contribution in [1.29, 1.82) is 0 Å². The molecule has 1 aliphatic carbocycles. The number of hydrogen-bond acceptors (Lipinski definition) is 3. The molecule has 1 aliphatic rings. The Bertz CT molecular complexity index is 534. The van der Waals surface area contributed by atoms with Gasteiger partial charge in [0.25, 0.3) is 5.91 Å². The van der Waals surface area contributed by atoms with Crippen molar-refractivity contribution in [3.8, 4) is 0 Å². The van der Waals surface area contributed by atoms with Crippen LogP contribution in [0.4, 0.5) is 5.69 Å². The number of fused-ring (bicyclic) bond motifs is 1. The Balaban J connectivity index is 2.02. The highest BCUT2D eigenvalue weighted by molar-refractivity contribution is 6.03. The van der Waals surface area contributed by atoms with Crippen molar-refractivity contribution in [2.75, 3.05) is 18.6 Å². The Labute approximate surface area is 112 Å². The van der Waals surface area contributed by atoms with Crippen LogP contribution in [0, 0.1) is 0 Å². The molecule has 1 aromatic rings. The fourth-order valence-electron chi connectivity index (χ4n) is 1.96. The lowest BCUT2D eigenvalue weighted by Crippen LogP contribution is -2.25. The zero-order valence-electron chi connectivity index (χ0n) is 11.2. The highest BCUT2D eigenvalue weighted by atomic mass is 16.5. The molecular formula is C15H17NO3. The van der Waals surface area contributed by atoms with E-state index < -0.39 is 5.97 Å². The standard InChI is InChI=1S/C15H17NO3/c1-3-19-15(18)9-8-14(17)16(2)13-7-6-11-4-5-12(11)10-13/h6-10H,3-5H2,1-2H3/b9-8-. The highest BCUT2D eigenvalue weighted by Gasteiger charge is 2.15. The molecule has 0 aliphatic heterocycles. The molecule has 4 nitrogen and oxygen atoms in total. The smallest absolute Gasteiger partial charge is 0.330 e. The molecule has 0 unspecified atom stereocenters. The van der Waals surface area contributed by atoms with Crippen LogP contribution in [0.2, 0.25) is 0 Å². The predicted molar refractivity (Wildman–Crippen MR) is 73.0 cm³/mol. The minimum atomic E-state index is -0.499. The van der Waals surface area contributed by atoms with Crippen LogP contribution in [0.1, 0.15) is 18.1 Å². The van der Waals surface area contributed by atoms with E-state index in [9.17, 15) is 9.59 Å². The summed E-state index contributed by atoms with van der Waals surface area (Å²) in [5.41, 5.74) is 3.50.